The lowest BCUT2D eigenvalue weighted by Crippen LogP contribution is -2.16. The fourth-order valence-electron chi connectivity index (χ4n) is 2.69. The summed E-state index contributed by atoms with van der Waals surface area (Å²) in [5.41, 5.74) is 2.34. The van der Waals surface area contributed by atoms with Gasteiger partial charge < -0.3 is 0 Å². The van der Waals surface area contributed by atoms with Gasteiger partial charge in [0.2, 0.25) is 0 Å². The molecule has 94 valence electrons. The van der Waals surface area contributed by atoms with Crippen LogP contribution in [0.5, 0.6) is 0 Å². The Balaban J connectivity index is 1.92. The Bertz CT molecular complexity index is 509. The van der Waals surface area contributed by atoms with Gasteiger partial charge in [-0.2, -0.15) is 0 Å². The molecule has 1 saturated carbocycles. The quantitative estimate of drug-likeness (QED) is 0.792. The van der Waals surface area contributed by atoms with Crippen molar-refractivity contribution in [3.05, 3.63) is 42.2 Å². The topological polar surface area (TPSA) is 30.7 Å². The van der Waals surface area contributed by atoms with Gasteiger partial charge in [0.05, 0.1) is 17.6 Å². The lowest BCUT2D eigenvalue weighted by molar-refractivity contribution is 0.443. The summed E-state index contributed by atoms with van der Waals surface area (Å²) in [6, 6.07) is 10.2. The first-order chi connectivity index (χ1) is 8.84. The first kappa shape index (κ1) is 11.9. The van der Waals surface area contributed by atoms with Gasteiger partial charge in [0.25, 0.3) is 0 Å². The van der Waals surface area contributed by atoms with E-state index in [9.17, 15) is 0 Å². The van der Waals surface area contributed by atoms with Crippen LogP contribution in [0.15, 0.2) is 36.5 Å². The third-order valence-electron chi connectivity index (χ3n) is 3.60. The van der Waals surface area contributed by atoms with Crippen LogP contribution in [0.1, 0.15) is 37.3 Å². The van der Waals surface area contributed by atoms with Crippen LogP contribution in [-0.4, -0.2) is 19.8 Å². The molecule has 0 N–H and O–H groups in total. The summed E-state index contributed by atoms with van der Waals surface area (Å²) in [6.45, 7) is 0. The van der Waals surface area contributed by atoms with Crippen LogP contribution in [0, 0.1) is 0 Å². The van der Waals surface area contributed by atoms with Gasteiger partial charge in [0.15, 0.2) is 0 Å². The van der Waals surface area contributed by atoms with E-state index in [0.29, 0.717) is 10.7 Å². The molecular weight excluding hydrogens is 290 g/mol. The molecule has 2 atom stereocenters. The fourth-order valence-corrected chi connectivity index (χ4v) is 3.46. The molecule has 0 amide bonds. The number of alkyl halides is 1. The Morgan fingerprint density at radius 1 is 1.17 bits per heavy atom. The number of hydrogen-bond acceptors (Lipinski definition) is 2. The SMILES string of the molecule is BrC1CCCC(c2cnnn2-c2ccccc2)C1. The molecule has 0 bridgehead atoms. The maximum absolute atomic E-state index is 4.24. The highest BCUT2D eigenvalue weighted by Gasteiger charge is 2.24. The fraction of sp³-hybridized carbons (Fsp3) is 0.429. The molecule has 3 rings (SSSR count). The zero-order valence-corrected chi connectivity index (χ0v) is 11.8. The molecule has 1 aromatic carbocycles. The summed E-state index contributed by atoms with van der Waals surface area (Å²) in [6.07, 6.45) is 6.90. The number of halogens is 1. The lowest BCUT2D eigenvalue weighted by Gasteiger charge is -2.25. The number of aromatic nitrogens is 3. The summed E-state index contributed by atoms with van der Waals surface area (Å²) in [7, 11) is 0. The van der Waals surface area contributed by atoms with Crippen molar-refractivity contribution in [3.8, 4) is 5.69 Å². The first-order valence-corrected chi connectivity index (χ1v) is 7.36. The zero-order chi connectivity index (χ0) is 12.4. The minimum atomic E-state index is 0.568. The van der Waals surface area contributed by atoms with Crippen LogP contribution in [0.25, 0.3) is 5.69 Å². The average molecular weight is 306 g/mol. The average Bonchev–Trinajstić information content (AvgIpc) is 2.89. The Morgan fingerprint density at radius 3 is 2.78 bits per heavy atom. The van der Waals surface area contributed by atoms with E-state index in [-0.39, 0.29) is 0 Å². The third-order valence-corrected chi connectivity index (χ3v) is 4.44. The van der Waals surface area contributed by atoms with Crippen molar-refractivity contribution in [2.75, 3.05) is 0 Å². The van der Waals surface area contributed by atoms with E-state index >= 15 is 0 Å². The molecule has 0 aliphatic heterocycles. The molecule has 0 saturated heterocycles. The Morgan fingerprint density at radius 2 is 2.00 bits per heavy atom. The van der Waals surface area contributed by atoms with Gasteiger partial charge in [-0.3, -0.25) is 0 Å². The summed E-state index contributed by atoms with van der Waals surface area (Å²) in [5.74, 6) is 0.568. The summed E-state index contributed by atoms with van der Waals surface area (Å²) < 4.78 is 1.98. The summed E-state index contributed by atoms with van der Waals surface area (Å²) in [5, 5.41) is 8.33. The monoisotopic (exact) mass is 305 g/mol. The maximum atomic E-state index is 4.24. The van der Waals surface area contributed by atoms with Crippen molar-refractivity contribution in [2.24, 2.45) is 0 Å². The largest absolute Gasteiger partial charge is 0.217 e. The van der Waals surface area contributed by atoms with E-state index in [1.807, 2.05) is 29.1 Å². The first-order valence-electron chi connectivity index (χ1n) is 6.44. The van der Waals surface area contributed by atoms with Crippen LogP contribution in [0.3, 0.4) is 0 Å². The predicted octanol–water partition coefficient (Wildman–Crippen LogP) is 3.69. The summed E-state index contributed by atoms with van der Waals surface area (Å²) >= 11 is 3.74. The van der Waals surface area contributed by atoms with Crippen LogP contribution < -0.4 is 0 Å². The third kappa shape index (κ3) is 2.34. The van der Waals surface area contributed by atoms with Crippen molar-refractivity contribution in [1.82, 2.24) is 15.0 Å². The zero-order valence-electron chi connectivity index (χ0n) is 10.2. The second-order valence-corrected chi connectivity index (χ2v) is 6.16. The Labute approximate surface area is 115 Å². The number of para-hydroxylation sites is 1. The molecule has 1 aliphatic rings. The molecule has 4 heteroatoms. The predicted molar refractivity (Wildman–Crippen MR) is 75.3 cm³/mol. The second-order valence-electron chi connectivity index (χ2n) is 4.87. The van der Waals surface area contributed by atoms with Gasteiger partial charge in [-0.15, -0.1) is 5.10 Å². The highest BCUT2D eigenvalue weighted by atomic mass is 79.9. The van der Waals surface area contributed by atoms with E-state index in [2.05, 4.69) is 38.4 Å². The minimum Gasteiger partial charge on any atom is -0.217 e. The molecule has 1 fully saturated rings. The highest BCUT2D eigenvalue weighted by molar-refractivity contribution is 9.09. The number of nitrogens with zero attached hydrogens (tertiary/aromatic N) is 3. The van der Waals surface area contributed by atoms with Gasteiger partial charge in [-0.25, -0.2) is 4.68 Å². The van der Waals surface area contributed by atoms with Gasteiger partial charge in [0.1, 0.15) is 0 Å². The molecule has 1 heterocycles. The van der Waals surface area contributed by atoms with Crippen LogP contribution in [0.2, 0.25) is 0 Å². The number of rotatable bonds is 2. The molecule has 3 nitrogen and oxygen atoms in total. The minimum absolute atomic E-state index is 0.568. The molecule has 1 aromatic heterocycles. The summed E-state index contributed by atoms with van der Waals surface area (Å²) in [4.78, 5) is 0.635. The van der Waals surface area contributed by atoms with Crippen molar-refractivity contribution in [2.45, 2.75) is 36.4 Å². The smallest absolute Gasteiger partial charge is 0.0732 e. The standard InChI is InChI=1S/C14H16BrN3/c15-12-6-4-5-11(9-12)14-10-16-17-18(14)13-7-2-1-3-8-13/h1-3,7-8,10-12H,4-6,9H2. The number of hydrogen-bond donors (Lipinski definition) is 0. The molecule has 1 aliphatic carbocycles. The highest BCUT2D eigenvalue weighted by Crippen LogP contribution is 2.36. The van der Waals surface area contributed by atoms with E-state index in [1.165, 1.54) is 31.4 Å². The van der Waals surface area contributed by atoms with Crippen molar-refractivity contribution in [3.63, 3.8) is 0 Å². The van der Waals surface area contributed by atoms with Crippen LogP contribution in [-0.2, 0) is 0 Å². The molecule has 2 unspecified atom stereocenters. The van der Waals surface area contributed by atoms with Gasteiger partial charge in [-0.1, -0.05) is 45.8 Å². The lowest BCUT2D eigenvalue weighted by atomic mass is 9.87. The molecular formula is C14H16BrN3. The van der Waals surface area contributed by atoms with Crippen LogP contribution >= 0.6 is 15.9 Å². The number of benzene rings is 1. The van der Waals surface area contributed by atoms with E-state index < -0.39 is 0 Å². The molecule has 0 spiro atoms. The van der Waals surface area contributed by atoms with Gasteiger partial charge in [-0.05, 0) is 31.4 Å². The van der Waals surface area contributed by atoms with Crippen LogP contribution in [0.4, 0.5) is 0 Å². The Hall–Kier alpha value is -1.16. The van der Waals surface area contributed by atoms with E-state index in [4.69, 9.17) is 0 Å². The molecule has 2 aromatic rings. The van der Waals surface area contributed by atoms with E-state index in [0.717, 1.165) is 5.69 Å². The Kier molecular flexibility index (Phi) is 3.46. The van der Waals surface area contributed by atoms with Crippen molar-refractivity contribution >= 4 is 15.9 Å². The van der Waals surface area contributed by atoms with Gasteiger partial charge >= 0.3 is 0 Å². The van der Waals surface area contributed by atoms with Crippen molar-refractivity contribution in [1.29, 1.82) is 0 Å². The maximum Gasteiger partial charge on any atom is 0.0732 e. The van der Waals surface area contributed by atoms with Crippen molar-refractivity contribution < 1.29 is 0 Å². The molecule has 0 radical (unpaired) electrons. The van der Waals surface area contributed by atoms with E-state index in [1.54, 1.807) is 0 Å². The second kappa shape index (κ2) is 5.22. The molecule has 18 heavy (non-hydrogen) atoms. The normalized spacial score (nSPS) is 24.1. The van der Waals surface area contributed by atoms with Gasteiger partial charge in [0, 0.05) is 10.7 Å².